The van der Waals surface area contributed by atoms with Gasteiger partial charge in [-0.15, -0.1) is 12.4 Å². The smallest absolute Gasteiger partial charge is 0.282 e. The van der Waals surface area contributed by atoms with Crippen LogP contribution < -0.4 is 5.32 Å². The third-order valence-corrected chi connectivity index (χ3v) is 6.21. The van der Waals surface area contributed by atoms with Crippen LogP contribution in [-0.4, -0.2) is 50.3 Å². The molecular formula is C14H22Cl2FN3O2S. The number of likely N-dealkylation sites (N-methyl/N-ethyl adjacent to an activating group) is 1. The summed E-state index contributed by atoms with van der Waals surface area (Å²) in [6, 6.07) is 4.48. The average molecular weight is 386 g/mol. The topological polar surface area (TPSA) is 52.7 Å². The highest BCUT2D eigenvalue weighted by Gasteiger charge is 2.32. The van der Waals surface area contributed by atoms with E-state index in [1.54, 1.807) is 6.07 Å². The lowest BCUT2D eigenvalue weighted by Gasteiger charge is -2.34. The molecule has 23 heavy (non-hydrogen) atoms. The summed E-state index contributed by atoms with van der Waals surface area (Å²) in [5.74, 6) is -0.499. The zero-order chi connectivity index (χ0) is 16.3. The summed E-state index contributed by atoms with van der Waals surface area (Å²) in [4.78, 5) is 0. The molecule has 1 aromatic carbocycles. The molecule has 0 aliphatic carbocycles. The number of nitrogens with zero attached hydrogens (tertiary/aromatic N) is 2. The Morgan fingerprint density at radius 1 is 1.48 bits per heavy atom. The van der Waals surface area contributed by atoms with Crippen LogP contribution >= 0.6 is 24.0 Å². The first-order valence-corrected chi connectivity index (χ1v) is 8.95. The van der Waals surface area contributed by atoms with Crippen molar-refractivity contribution < 1.29 is 12.8 Å². The number of hydrogen-bond donors (Lipinski definition) is 1. The summed E-state index contributed by atoms with van der Waals surface area (Å²) in [7, 11) is -0.367. The van der Waals surface area contributed by atoms with Crippen molar-refractivity contribution in [1.29, 1.82) is 0 Å². The summed E-state index contributed by atoms with van der Waals surface area (Å²) in [6.45, 7) is 0.818. The first kappa shape index (κ1) is 20.6. The maximum absolute atomic E-state index is 13.8. The number of halogens is 3. The molecule has 0 amide bonds. The first-order chi connectivity index (χ1) is 10.4. The highest BCUT2D eigenvalue weighted by atomic mass is 35.5. The van der Waals surface area contributed by atoms with E-state index in [1.807, 2.05) is 7.05 Å². The van der Waals surface area contributed by atoms with Crippen molar-refractivity contribution in [2.24, 2.45) is 0 Å². The fourth-order valence-electron chi connectivity index (χ4n) is 2.57. The molecule has 1 aliphatic rings. The van der Waals surface area contributed by atoms with Crippen molar-refractivity contribution in [3.8, 4) is 0 Å². The van der Waals surface area contributed by atoms with Gasteiger partial charge in [-0.3, -0.25) is 0 Å². The van der Waals surface area contributed by atoms with Crippen molar-refractivity contribution in [2.45, 2.75) is 25.4 Å². The van der Waals surface area contributed by atoms with Gasteiger partial charge in [0.15, 0.2) is 0 Å². The molecule has 2 rings (SSSR count). The summed E-state index contributed by atoms with van der Waals surface area (Å²) in [5.41, 5.74) is 0.192. The number of nitrogens with one attached hydrogen (secondary N) is 1. The van der Waals surface area contributed by atoms with Gasteiger partial charge in [-0.2, -0.15) is 17.0 Å². The fourth-order valence-corrected chi connectivity index (χ4v) is 4.21. The van der Waals surface area contributed by atoms with Crippen LogP contribution in [0.3, 0.4) is 0 Å². The van der Waals surface area contributed by atoms with Crippen LogP contribution in [0.25, 0.3) is 0 Å². The summed E-state index contributed by atoms with van der Waals surface area (Å²) >= 11 is 5.97. The van der Waals surface area contributed by atoms with Crippen LogP contribution in [0.1, 0.15) is 18.4 Å². The number of benzene rings is 1. The number of piperidine rings is 1. The minimum Gasteiger partial charge on any atom is -0.316 e. The molecule has 1 unspecified atom stereocenters. The van der Waals surface area contributed by atoms with Gasteiger partial charge < -0.3 is 5.32 Å². The third-order valence-electron chi connectivity index (χ3n) is 3.95. The monoisotopic (exact) mass is 385 g/mol. The Labute approximate surface area is 148 Å². The Morgan fingerprint density at radius 3 is 2.78 bits per heavy atom. The van der Waals surface area contributed by atoms with Crippen molar-refractivity contribution in [2.75, 3.05) is 27.2 Å². The van der Waals surface area contributed by atoms with E-state index in [0.717, 1.165) is 17.1 Å². The number of hydrogen-bond acceptors (Lipinski definition) is 3. The fraction of sp³-hybridized carbons (Fsp3) is 0.571. The van der Waals surface area contributed by atoms with E-state index in [0.29, 0.717) is 13.1 Å². The van der Waals surface area contributed by atoms with Gasteiger partial charge in [-0.05, 0) is 32.0 Å². The average Bonchev–Trinajstić information content (AvgIpc) is 2.50. The van der Waals surface area contributed by atoms with E-state index in [4.69, 9.17) is 11.6 Å². The zero-order valence-corrected chi connectivity index (χ0v) is 15.5. The molecule has 0 bridgehead atoms. The Hall–Kier alpha value is -0.440. The van der Waals surface area contributed by atoms with Crippen LogP contribution in [0, 0.1) is 5.82 Å². The molecule has 132 valence electrons. The second-order valence-electron chi connectivity index (χ2n) is 5.45. The van der Waals surface area contributed by atoms with Gasteiger partial charge in [0, 0.05) is 43.3 Å². The summed E-state index contributed by atoms with van der Waals surface area (Å²) in [5, 5.41) is 3.34. The predicted molar refractivity (Wildman–Crippen MR) is 92.7 cm³/mol. The van der Waals surface area contributed by atoms with Crippen LogP contribution in [-0.2, 0) is 16.8 Å². The molecule has 1 heterocycles. The third kappa shape index (κ3) is 4.78. The van der Waals surface area contributed by atoms with E-state index < -0.39 is 16.0 Å². The van der Waals surface area contributed by atoms with Crippen molar-refractivity contribution in [3.63, 3.8) is 0 Å². The van der Waals surface area contributed by atoms with E-state index in [1.165, 1.54) is 23.5 Å². The summed E-state index contributed by atoms with van der Waals surface area (Å²) < 4.78 is 41.7. The SMILES string of the molecule is CNC1CCCN(S(=O)(=O)N(C)Cc2c(F)cccc2Cl)C1.Cl. The van der Waals surface area contributed by atoms with Crippen LogP contribution in [0.5, 0.6) is 0 Å². The molecule has 0 saturated carbocycles. The Bertz CT molecular complexity index is 610. The molecular weight excluding hydrogens is 364 g/mol. The molecule has 1 atom stereocenters. The van der Waals surface area contributed by atoms with E-state index in [2.05, 4.69) is 5.32 Å². The molecule has 9 heteroatoms. The quantitative estimate of drug-likeness (QED) is 0.845. The summed E-state index contributed by atoms with van der Waals surface area (Å²) in [6.07, 6.45) is 1.75. The first-order valence-electron chi connectivity index (χ1n) is 7.18. The van der Waals surface area contributed by atoms with Gasteiger partial charge >= 0.3 is 0 Å². The minimum atomic E-state index is -3.64. The lowest BCUT2D eigenvalue weighted by Crippen LogP contribution is -2.50. The number of rotatable bonds is 5. The van der Waals surface area contributed by atoms with Gasteiger partial charge in [0.1, 0.15) is 5.82 Å². The Balaban J connectivity index is 0.00000264. The van der Waals surface area contributed by atoms with E-state index in [9.17, 15) is 12.8 Å². The van der Waals surface area contributed by atoms with Crippen LogP contribution in [0.2, 0.25) is 5.02 Å². The normalized spacial score (nSPS) is 19.6. The zero-order valence-electron chi connectivity index (χ0n) is 13.1. The molecule has 1 fully saturated rings. The molecule has 1 N–H and O–H groups in total. The molecule has 0 spiro atoms. The highest BCUT2D eigenvalue weighted by Crippen LogP contribution is 2.23. The Kier molecular flexibility index (Phi) is 7.70. The highest BCUT2D eigenvalue weighted by molar-refractivity contribution is 7.86. The van der Waals surface area contributed by atoms with E-state index in [-0.39, 0.29) is 35.6 Å². The predicted octanol–water partition coefficient (Wildman–Crippen LogP) is 2.26. The van der Waals surface area contributed by atoms with Crippen LogP contribution in [0.4, 0.5) is 4.39 Å². The van der Waals surface area contributed by atoms with Crippen molar-refractivity contribution in [3.05, 3.63) is 34.6 Å². The van der Waals surface area contributed by atoms with Gasteiger partial charge in [0.25, 0.3) is 10.2 Å². The van der Waals surface area contributed by atoms with Crippen molar-refractivity contribution >= 4 is 34.2 Å². The van der Waals surface area contributed by atoms with Gasteiger partial charge in [0.2, 0.25) is 0 Å². The molecule has 1 saturated heterocycles. The minimum absolute atomic E-state index is 0. The van der Waals surface area contributed by atoms with Gasteiger partial charge in [-0.1, -0.05) is 17.7 Å². The van der Waals surface area contributed by atoms with Crippen LogP contribution in [0.15, 0.2) is 18.2 Å². The van der Waals surface area contributed by atoms with Gasteiger partial charge in [-0.25, -0.2) is 4.39 Å². The lowest BCUT2D eigenvalue weighted by molar-refractivity contribution is 0.273. The molecule has 5 nitrogen and oxygen atoms in total. The van der Waals surface area contributed by atoms with E-state index >= 15 is 0 Å². The molecule has 1 aromatic rings. The second kappa shape index (κ2) is 8.60. The molecule has 0 aromatic heterocycles. The second-order valence-corrected chi connectivity index (χ2v) is 7.89. The standard InChI is InChI=1S/C14H21ClFN3O2S.ClH/c1-17-11-5-4-8-19(9-11)22(20,21)18(2)10-12-13(15)6-3-7-14(12)16;/h3,6-7,11,17H,4-5,8-10H2,1-2H3;1H. The van der Waals surface area contributed by atoms with Crippen molar-refractivity contribution in [1.82, 2.24) is 13.9 Å². The Morgan fingerprint density at radius 2 is 2.17 bits per heavy atom. The molecule has 0 radical (unpaired) electrons. The lowest BCUT2D eigenvalue weighted by atomic mass is 10.1. The molecule has 1 aliphatic heterocycles. The maximum Gasteiger partial charge on any atom is 0.282 e. The largest absolute Gasteiger partial charge is 0.316 e. The maximum atomic E-state index is 13.8. The van der Waals surface area contributed by atoms with Gasteiger partial charge in [0.05, 0.1) is 0 Å².